The summed E-state index contributed by atoms with van der Waals surface area (Å²) in [4.78, 5) is 16.0. The summed E-state index contributed by atoms with van der Waals surface area (Å²) >= 11 is 3.40. The van der Waals surface area contributed by atoms with Crippen LogP contribution in [0.2, 0.25) is 0 Å². The van der Waals surface area contributed by atoms with Crippen LogP contribution in [-0.2, 0) is 17.8 Å². The van der Waals surface area contributed by atoms with Gasteiger partial charge in [-0.2, -0.15) is 4.80 Å². The van der Waals surface area contributed by atoms with Gasteiger partial charge in [-0.15, -0.1) is 10.2 Å². The average Bonchev–Trinajstić information content (AvgIpc) is 3.18. The van der Waals surface area contributed by atoms with E-state index in [1.807, 2.05) is 47.4 Å². The summed E-state index contributed by atoms with van der Waals surface area (Å²) in [6.45, 7) is 2.13. The van der Waals surface area contributed by atoms with Gasteiger partial charge >= 0.3 is 0 Å². The molecule has 0 aliphatic carbocycles. The number of tetrazole rings is 1. The highest BCUT2D eigenvalue weighted by atomic mass is 79.9. The molecular weight excluding hydrogens is 382 g/mol. The highest BCUT2D eigenvalue weighted by Gasteiger charge is 2.30. The van der Waals surface area contributed by atoms with E-state index in [0.29, 0.717) is 5.82 Å². The zero-order valence-electron chi connectivity index (χ0n) is 13.6. The van der Waals surface area contributed by atoms with Gasteiger partial charge in [-0.25, -0.2) is 0 Å². The largest absolute Gasteiger partial charge is 0.307 e. The van der Waals surface area contributed by atoms with E-state index in [4.69, 9.17) is 0 Å². The lowest BCUT2D eigenvalue weighted by molar-refractivity contribution is -0.119. The highest BCUT2D eigenvalue weighted by molar-refractivity contribution is 9.10. The van der Waals surface area contributed by atoms with Crippen molar-refractivity contribution >= 4 is 27.5 Å². The van der Waals surface area contributed by atoms with E-state index >= 15 is 0 Å². The third-order valence-electron chi connectivity index (χ3n) is 4.31. The van der Waals surface area contributed by atoms with Crippen molar-refractivity contribution in [3.05, 3.63) is 58.6 Å². The van der Waals surface area contributed by atoms with Gasteiger partial charge < -0.3 is 4.90 Å². The summed E-state index contributed by atoms with van der Waals surface area (Å²) < 4.78 is 0.987. The van der Waals surface area contributed by atoms with Crippen molar-refractivity contribution in [2.75, 3.05) is 4.90 Å². The minimum atomic E-state index is -0.0304. The minimum absolute atomic E-state index is 0.0304. The number of para-hydroxylation sites is 1. The molecule has 4 rings (SSSR count). The maximum absolute atomic E-state index is 12.8. The van der Waals surface area contributed by atoms with Gasteiger partial charge in [-0.05, 0) is 54.5 Å². The van der Waals surface area contributed by atoms with Crippen LogP contribution in [0.25, 0.3) is 11.4 Å². The standard InChI is InChI=1S/C18H16BrN5O/c1-12-10-14-4-2-3-5-16(14)24(12)17(25)11-23-21-18(20-22-23)13-6-8-15(19)9-7-13/h2-9,12H,10-11H2,1H3/t12-/m0/s1. The van der Waals surface area contributed by atoms with E-state index < -0.39 is 0 Å². The van der Waals surface area contributed by atoms with Gasteiger partial charge in [0.2, 0.25) is 5.82 Å². The van der Waals surface area contributed by atoms with Gasteiger partial charge in [-0.3, -0.25) is 4.79 Å². The number of amides is 1. The molecule has 3 aromatic rings. The van der Waals surface area contributed by atoms with Crippen molar-refractivity contribution in [1.82, 2.24) is 20.2 Å². The average molecular weight is 398 g/mol. The number of hydrogen-bond acceptors (Lipinski definition) is 4. The fourth-order valence-corrected chi connectivity index (χ4v) is 3.43. The van der Waals surface area contributed by atoms with Crippen LogP contribution in [0.15, 0.2) is 53.0 Å². The fourth-order valence-electron chi connectivity index (χ4n) is 3.17. The molecule has 0 spiro atoms. The number of rotatable bonds is 3. The van der Waals surface area contributed by atoms with Gasteiger partial charge in [0, 0.05) is 21.8 Å². The van der Waals surface area contributed by atoms with Gasteiger partial charge in [0.1, 0.15) is 6.54 Å². The van der Waals surface area contributed by atoms with Crippen molar-refractivity contribution in [1.29, 1.82) is 0 Å². The minimum Gasteiger partial charge on any atom is -0.307 e. The first-order chi connectivity index (χ1) is 12.1. The van der Waals surface area contributed by atoms with E-state index in [2.05, 4.69) is 44.3 Å². The number of halogens is 1. The summed E-state index contributed by atoms with van der Waals surface area (Å²) in [6.07, 6.45) is 0.872. The summed E-state index contributed by atoms with van der Waals surface area (Å²) in [5, 5.41) is 12.4. The van der Waals surface area contributed by atoms with Crippen LogP contribution in [0.1, 0.15) is 12.5 Å². The lowest BCUT2D eigenvalue weighted by Gasteiger charge is -2.22. The molecule has 6 nitrogen and oxygen atoms in total. The Morgan fingerprint density at radius 3 is 2.76 bits per heavy atom. The van der Waals surface area contributed by atoms with E-state index in [1.165, 1.54) is 10.4 Å². The Morgan fingerprint density at radius 1 is 1.20 bits per heavy atom. The van der Waals surface area contributed by atoms with Crippen molar-refractivity contribution in [2.24, 2.45) is 0 Å². The molecule has 0 bridgehead atoms. The number of anilines is 1. The Kier molecular flexibility index (Phi) is 4.09. The van der Waals surface area contributed by atoms with Gasteiger partial charge in [-0.1, -0.05) is 34.1 Å². The van der Waals surface area contributed by atoms with E-state index in [1.54, 1.807) is 0 Å². The van der Waals surface area contributed by atoms with Gasteiger partial charge in [0.15, 0.2) is 0 Å². The Labute approximate surface area is 153 Å². The quantitative estimate of drug-likeness (QED) is 0.680. The van der Waals surface area contributed by atoms with Gasteiger partial charge in [0.25, 0.3) is 5.91 Å². The van der Waals surface area contributed by atoms with E-state index in [0.717, 1.165) is 22.1 Å². The Balaban J connectivity index is 1.53. The third-order valence-corrected chi connectivity index (χ3v) is 4.84. The summed E-state index contributed by atoms with van der Waals surface area (Å²) in [7, 11) is 0. The Hall–Kier alpha value is -2.54. The molecular formula is C18H16BrN5O. The predicted octanol–water partition coefficient (Wildman–Crippen LogP) is 3.08. The van der Waals surface area contributed by atoms with Crippen LogP contribution in [0.3, 0.4) is 0 Å². The number of hydrogen-bond donors (Lipinski definition) is 0. The molecule has 1 atom stereocenters. The maximum Gasteiger partial charge on any atom is 0.250 e. The second kappa shape index (κ2) is 6.40. The Morgan fingerprint density at radius 2 is 1.96 bits per heavy atom. The van der Waals surface area contributed by atoms with Crippen molar-refractivity contribution in [3.8, 4) is 11.4 Å². The molecule has 0 radical (unpaired) electrons. The van der Waals surface area contributed by atoms with Crippen LogP contribution in [0.4, 0.5) is 5.69 Å². The van der Waals surface area contributed by atoms with Crippen molar-refractivity contribution < 1.29 is 4.79 Å². The first kappa shape index (κ1) is 16.0. The normalized spacial score (nSPS) is 16.1. The number of carbonyl (C=O) groups excluding carboxylic acids is 1. The molecule has 1 aromatic heterocycles. The van der Waals surface area contributed by atoms with Crippen molar-refractivity contribution in [3.63, 3.8) is 0 Å². The first-order valence-corrected chi connectivity index (χ1v) is 8.85. The van der Waals surface area contributed by atoms with Crippen molar-refractivity contribution in [2.45, 2.75) is 25.9 Å². The molecule has 126 valence electrons. The molecule has 0 saturated carbocycles. The third kappa shape index (κ3) is 3.07. The number of aromatic nitrogens is 4. The summed E-state index contributed by atoms with van der Waals surface area (Å²) in [6, 6.07) is 15.8. The van der Waals surface area contributed by atoms with Crippen LogP contribution in [-0.4, -0.2) is 32.2 Å². The predicted molar refractivity (Wildman–Crippen MR) is 98.0 cm³/mol. The lowest BCUT2D eigenvalue weighted by Crippen LogP contribution is -2.38. The van der Waals surface area contributed by atoms with Crippen LogP contribution >= 0.6 is 15.9 Å². The SMILES string of the molecule is C[C@H]1Cc2ccccc2N1C(=O)Cn1nnc(-c2ccc(Br)cc2)n1. The highest BCUT2D eigenvalue weighted by Crippen LogP contribution is 2.31. The molecule has 1 amide bonds. The molecule has 25 heavy (non-hydrogen) atoms. The molecule has 0 unspecified atom stereocenters. The number of carbonyl (C=O) groups is 1. The molecule has 7 heteroatoms. The monoisotopic (exact) mass is 397 g/mol. The second-order valence-corrected chi connectivity index (χ2v) is 7.01. The molecule has 0 fully saturated rings. The topological polar surface area (TPSA) is 63.9 Å². The molecule has 0 saturated heterocycles. The number of nitrogens with zero attached hydrogens (tertiary/aromatic N) is 5. The molecule has 2 aromatic carbocycles. The van der Waals surface area contributed by atoms with Crippen LogP contribution in [0.5, 0.6) is 0 Å². The Bertz CT molecular complexity index is 921. The van der Waals surface area contributed by atoms with E-state index in [9.17, 15) is 4.79 Å². The number of benzene rings is 2. The number of fused-ring (bicyclic) bond motifs is 1. The zero-order valence-corrected chi connectivity index (χ0v) is 15.2. The molecule has 0 N–H and O–H groups in total. The first-order valence-electron chi connectivity index (χ1n) is 8.05. The van der Waals surface area contributed by atoms with Crippen LogP contribution < -0.4 is 4.90 Å². The fraction of sp³-hybridized carbons (Fsp3) is 0.222. The molecule has 2 heterocycles. The van der Waals surface area contributed by atoms with E-state index in [-0.39, 0.29) is 18.5 Å². The van der Waals surface area contributed by atoms with Crippen LogP contribution in [0, 0.1) is 0 Å². The molecule has 1 aliphatic heterocycles. The lowest BCUT2D eigenvalue weighted by atomic mass is 10.1. The summed E-state index contributed by atoms with van der Waals surface area (Å²) in [5.41, 5.74) is 3.04. The second-order valence-electron chi connectivity index (χ2n) is 6.10. The zero-order chi connectivity index (χ0) is 17.4. The maximum atomic E-state index is 12.8. The smallest absolute Gasteiger partial charge is 0.250 e. The summed E-state index contributed by atoms with van der Waals surface area (Å²) in [5.74, 6) is 0.479. The molecule has 1 aliphatic rings. The van der Waals surface area contributed by atoms with Gasteiger partial charge in [0.05, 0.1) is 0 Å².